The highest BCUT2D eigenvalue weighted by Crippen LogP contribution is 2.33. The molecule has 2 unspecified atom stereocenters. The molecule has 2 rings (SSSR count). The molecule has 25 heavy (non-hydrogen) atoms. The quantitative estimate of drug-likeness (QED) is 0.809. The van der Waals surface area contributed by atoms with E-state index in [2.05, 4.69) is 0 Å². The largest absolute Gasteiger partial charge is 0.492 e. The number of carbonyl (C=O) groups excluding carboxylic acids is 2. The zero-order valence-electron chi connectivity index (χ0n) is 14.8. The molecule has 1 aromatic carbocycles. The number of anilines is 1. The maximum absolute atomic E-state index is 12.6. The summed E-state index contributed by atoms with van der Waals surface area (Å²) in [6, 6.07) is 7.24. The molecule has 1 saturated heterocycles. The highest BCUT2D eigenvalue weighted by Gasteiger charge is 2.37. The Morgan fingerprint density at radius 1 is 1.40 bits per heavy atom. The lowest BCUT2D eigenvalue weighted by Gasteiger charge is -2.23. The zero-order valence-corrected chi connectivity index (χ0v) is 14.8. The van der Waals surface area contributed by atoms with Crippen LogP contribution in [0.4, 0.5) is 5.69 Å². The normalized spacial score (nSPS) is 18.1. The van der Waals surface area contributed by atoms with Crippen molar-refractivity contribution >= 4 is 23.5 Å². The molecule has 1 fully saturated rings. The molecule has 136 valence electrons. The van der Waals surface area contributed by atoms with E-state index < -0.39 is 17.8 Å². The zero-order chi connectivity index (χ0) is 18.6. The number of para-hydroxylation sites is 2. The summed E-state index contributed by atoms with van der Waals surface area (Å²) < 4.78 is 5.57. The first-order valence-corrected chi connectivity index (χ1v) is 8.35. The van der Waals surface area contributed by atoms with Crippen molar-refractivity contribution in [1.29, 1.82) is 0 Å². The van der Waals surface area contributed by atoms with Crippen LogP contribution in [0.2, 0.25) is 0 Å². The number of benzene rings is 1. The minimum Gasteiger partial charge on any atom is -0.492 e. The number of hydrogen-bond donors (Lipinski definition) is 1. The van der Waals surface area contributed by atoms with Crippen molar-refractivity contribution in [3.05, 3.63) is 24.3 Å². The van der Waals surface area contributed by atoms with E-state index in [1.165, 1.54) is 4.90 Å². The lowest BCUT2D eigenvalue weighted by atomic mass is 10.1. The number of hydrogen-bond acceptors (Lipinski definition) is 4. The number of rotatable bonds is 7. The number of amides is 2. The molecule has 0 bridgehead atoms. The fourth-order valence-electron chi connectivity index (χ4n) is 2.95. The van der Waals surface area contributed by atoms with Gasteiger partial charge in [-0.15, -0.1) is 0 Å². The molecule has 1 aliphatic heterocycles. The van der Waals surface area contributed by atoms with Gasteiger partial charge in [0.05, 0.1) is 24.1 Å². The molecule has 7 heteroatoms. The number of ether oxygens (including phenoxy) is 1. The molecule has 0 aliphatic carbocycles. The highest BCUT2D eigenvalue weighted by molar-refractivity contribution is 6.01. The van der Waals surface area contributed by atoms with Crippen molar-refractivity contribution in [2.24, 2.45) is 11.8 Å². The highest BCUT2D eigenvalue weighted by atomic mass is 16.5. The van der Waals surface area contributed by atoms with E-state index in [1.807, 2.05) is 19.1 Å². The molecule has 2 atom stereocenters. The Kier molecular flexibility index (Phi) is 6.01. The van der Waals surface area contributed by atoms with Crippen LogP contribution in [0.1, 0.15) is 20.3 Å². The number of nitrogens with zero attached hydrogens (tertiary/aromatic N) is 2. The second-order valence-corrected chi connectivity index (χ2v) is 6.26. The Morgan fingerprint density at radius 2 is 2.08 bits per heavy atom. The molecule has 0 aromatic heterocycles. The molecule has 0 radical (unpaired) electrons. The first kappa shape index (κ1) is 18.8. The Balaban J connectivity index is 2.09. The van der Waals surface area contributed by atoms with Gasteiger partial charge >= 0.3 is 5.97 Å². The maximum Gasteiger partial charge on any atom is 0.308 e. The Labute approximate surface area is 147 Å². The molecule has 1 heterocycles. The summed E-state index contributed by atoms with van der Waals surface area (Å²) >= 11 is 0. The van der Waals surface area contributed by atoms with E-state index >= 15 is 0 Å². The summed E-state index contributed by atoms with van der Waals surface area (Å²) in [5.41, 5.74) is 0.659. The first-order chi connectivity index (χ1) is 11.8. The standard InChI is InChI=1S/C18H24N2O5/c1-4-25-15-8-6-5-7-14(15)20-11-13(9-16(20)21)17(22)19(3)10-12(2)18(23)24/h5-8,12-13H,4,9-11H2,1-3H3,(H,23,24). The van der Waals surface area contributed by atoms with Crippen LogP contribution in [0.25, 0.3) is 0 Å². The predicted molar refractivity (Wildman–Crippen MR) is 92.5 cm³/mol. The van der Waals surface area contributed by atoms with E-state index in [4.69, 9.17) is 9.84 Å². The van der Waals surface area contributed by atoms with Crippen molar-refractivity contribution < 1.29 is 24.2 Å². The van der Waals surface area contributed by atoms with E-state index in [1.54, 1.807) is 31.0 Å². The van der Waals surface area contributed by atoms with Gasteiger partial charge in [-0.2, -0.15) is 0 Å². The molecule has 1 aromatic rings. The number of carboxylic acids is 1. The summed E-state index contributed by atoms with van der Waals surface area (Å²) in [6.45, 7) is 4.29. The number of aliphatic carboxylic acids is 1. The van der Waals surface area contributed by atoms with Gasteiger partial charge in [0.2, 0.25) is 11.8 Å². The Morgan fingerprint density at radius 3 is 2.72 bits per heavy atom. The molecular formula is C18H24N2O5. The average Bonchev–Trinajstić information content (AvgIpc) is 2.96. The van der Waals surface area contributed by atoms with Gasteiger partial charge in [-0.25, -0.2) is 0 Å². The van der Waals surface area contributed by atoms with Crippen LogP contribution in [0, 0.1) is 11.8 Å². The second-order valence-electron chi connectivity index (χ2n) is 6.26. The van der Waals surface area contributed by atoms with E-state index in [0.29, 0.717) is 18.0 Å². The maximum atomic E-state index is 12.6. The van der Waals surface area contributed by atoms with Gasteiger partial charge in [0, 0.05) is 26.6 Å². The summed E-state index contributed by atoms with van der Waals surface area (Å²) in [4.78, 5) is 38.9. The van der Waals surface area contributed by atoms with Crippen LogP contribution in [0.15, 0.2) is 24.3 Å². The third-order valence-electron chi connectivity index (χ3n) is 4.28. The molecule has 7 nitrogen and oxygen atoms in total. The van der Waals surface area contributed by atoms with Crippen LogP contribution in [0.5, 0.6) is 5.75 Å². The summed E-state index contributed by atoms with van der Waals surface area (Å²) in [6.07, 6.45) is 0.116. The third kappa shape index (κ3) is 4.29. The van der Waals surface area contributed by atoms with Crippen molar-refractivity contribution in [3.8, 4) is 5.75 Å². The van der Waals surface area contributed by atoms with Gasteiger partial charge in [-0.05, 0) is 19.1 Å². The average molecular weight is 348 g/mol. The monoisotopic (exact) mass is 348 g/mol. The van der Waals surface area contributed by atoms with Gasteiger partial charge in [-0.3, -0.25) is 14.4 Å². The lowest BCUT2D eigenvalue weighted by molar-refractivity contribution is -0.143. The molecule has 0 spiro atoms. The Bertz CT molecular complexity index is 661. The molecule has 1 aliphatic rings. The van der Waals surface area contributed by atoms with E-state index in [9.17, 15) is 14.4 Å². The van der Waals surface area contributed by atoms with Crippen LogP contribution >= 0.6 is 0 Å². The van der Waals surface area contributed by atoms with E-state index in [0.717, 1.165) is 0 Å². The predicted octanol–water partition coefficient (Wildman–Crippen LogP) is 1.62. The van der Waals surface area contributed by atoms with Crippen LogP contribution in [-0.4, -0.2) is 54.5 Å². The van der Waals surface area contributed by atoms with Crippen molar-refractivity contribution in [2.75, 3.05) is 31.6 Å². The van der Waals surface area contributed by atoms with Gasteiger partial charge in [0.15, 0.2) is 0 Å². The number of carboxylic acid groups (broad SMARTS) is 1. The van der Waals surface area contributed by atoms with Crippen molar-refractivity contribution in [2.45, 2.75) is 20.3 Å². The van der Waals surface area contributed by atoms with Crippen molar-refractivity contribution in [1.82, 2.24) is 4.90 Å². The minimum atomic E-state index is -0.950. The third-order valence-corrected chi connectivity index (χ3v) is 4.28. The van der Waals surface area contributed by atoms with Gasteiger partial charge in [0.25, 0.3) is 0 Å². The molecule has 2 amide bonds. The van der Waals surface area contributed by atoms with Crippen LogP contribution in [-0.2, 0) is 14.4 Å². The van der Waals surface area contributed by atoms with Gasteiger partial charge < -0.3 is 19.6 Å². The smallest absolute Gasteiger partial charge is 0.308 e. The molecular weight excluding hydrogens is 324 g/mol. The fraction of sp³-hybridized carbons (Fsp3) is 0.500. The van der Waals surface area contributed by atoms with Crippen LogP contribution in [0.3, 0.4) is 0 Å². The topological polar surface area (TPSA) is 87.2 Å². The van der Waals surface area contributed by atoms with Gasteiger partial charge in [0.1, 0.15) is 5.75 Å². The first-order valence-electron chi connectivity index (χ1n) is 8.35. The summed E-state index contributed by atoms with van der Waals surface area (Å²) in [5, 5.41) is 8.98. The van der Waals surface area contributed by atoms with Crippen molar-refractivity contribution in [3.63, 3.8) is 0 Å². The SMILES string of the molecule is CCOc1ccccc1N1CC(C(=O)N(C)CC(C)C(=O)O)CC1=O. The molecule has 0 saturated carbocycles. The molecule has 1 N–H and O–H groups in total. The fourth-order valence-corrected chi connectivity index (χ4v) is 2.95. The minimum absolute atomic E-state index is 0.116. The number of carbonyl (C=O) groups is 3. The Hall–Kier alpha value is -2.57. The van der Waals surface area contributed by atoms with Crippen LogP contribution < -0.4 is 9.64 Å². The lowest BCUT2D eigenvalue weighted by Crippen LogP contribution is -2.38. The summed E-state index contributed by atoms with van der Waals surface area (Å²) in [7, 11) is 1.57. The second kappa shape index (κ2) is 8.00. The van der Waals surface area contributed by atoms with E-state index in [-0.39, 0.29) is 31.3 Å². The summed E-state index contributed by atoms with van der Waals surface area (Å²) in [5.74, 6) is -1.81. The van der Waals surface area contributed by atoms with Gasteiger partial charge in [-0.1, -0.05) is 19.1 Å².